The number of carbonyl (C=O) groups excluding carboxylic acids is 2. The van der Waals surface area contributed by atoms with E-state index in [9.17, 15) is 9.59 Å². The Labute approximate surface area is 122 Å². The zero-order chi connectivity index (χ0) is 14.4. The van der Waals surface area contributed by atoms with Crippen molar-refractivity contribution >= 4 is 11.8 Å². The Kier molecular flexibility index (Phi) is 2.95. The summed E-state index contributed by atoms with van der Waals surface area (Å²) >= 11 is 0. The van der Waals surface area contributed by atoms with Crippen LogP contribution in [0.15, 0.2) is 6.20 Å². The Morgan fingerprint density at radius 3 is 3.05 bits per heavy atom. The molecule has 2 amide bonds. The van der Waals surface area contributed by atoms with Gasteiger partial charge in [0.2, 0.25) is 11.8 Å². The molecule has 2 atom stereocenters. The van der Waals surface area contributed by atoms with E-state index >= 15 is 0 Å². The number of nitrogens with one attached hydrogen (secondary N) is 2. The van der Waals surface area contributed by atoms with E-state index in [0.717, 1.165) is 30.9 Å². The summed E-state index contributed by atoms with van der Waals surface area (Å²) in [4.78, 5) is 30.3. The molecule has 3 aliphatic rings. The van der Waals surface area contributed by atoms with Gasteiger partial charge in [-0.15, -0.1) is 0 Å². The summed E-state index contributed by atoms with van der Waals surface area (Å²) in [5.41, 5.74) is 1.01. The molecule has 0 aromatic carbocycles. The summed E-state index contributed by atoms with van der Waals surface area (Å²) in [6.45, 7) is 1.60. The van der Waals surface area contributed by atoms with Crippen LogP contribution in [0, 0.1) is 0 Å². The summed E-state index contributed by atoms with van der Waals surface area (Å²) in [7, 11) is 0. The van der Waals surface area contributed by atoms with Gasteiger partial charge in [0.1, 0.15) is 18.0 Å². The molecule has 0 saturated carbocycles. The van der Waals surface area contributed by atoms with Crippen molar-refractivity contribution in [3.05, 3.63) is 17.7 Å². The van der Waals surface area contributed by atoms with Crippen LogP contribution in [0.1, 0.15) is 36.9 Å². The van der Waals surface area contributed by atoms with Gasteiger partial charge >= 0.3 is 0 Å². The number of nitrogens with zero attached hydrogens (tertiary/aromatic N) is 3. The summed E-state index contributed by atoms with van der Waals surface area (Å²) in [6.07, 6.45) is 6.15. The topological polar surface area (TPSA) is 79.3 Å². The summed E-state index contributed by atoms with van der Waals surface area (Å²) < 4.78 is 2.23. The fraction of sp³-hybridized carbons (Fsp3) is 0.643. The average Bonchev–Trinajstić information content (AvgIpc) is 2.91. The third kappa shape index (κ3) is 2.03. The first-order chi connectivity index (χ1) is 10.2. The molecule has 2 unspecified atom stereocenters. The number of rotatable bonds is 1. The number of hydrogen-bond donors (Lipinski definition) is 2. The molecule has 3 aliphatic heterocycles. The SMILES string of the molecule is O=C1CN2C(CN1)C(=O)NC2c1cnc2n1CCCCC2. The van der Waals surface area contributed by atoms with Crippen molar-refractivity contribution < 1.29 is 9.59 Å². The van der Waals surface area contributed by atoms with E-state index in [1.54, 1.807) is 0 Å². The van der Waals surface area contributed by atoms with E-state index in [2.05, 4.69) is 20.2 Å². The van der Waals surface area contributed by atoms with Crippen LogP contribution in [-0.4, -0.2) is 45.4 Å². The van der Waals surface area contributed by atoms with Crippen LogP contribution in [0.3, 0.4) is 0 Å². The fourth-order valence-electron chi connectivity index (χ4n) is 3.57. The molecule has 1 aromatic heterocycles. The van der Waals surface area contributed by atoms with Crippen LogP contribution in [-0.2, 0) is 22.6 Å². The molecule has 1 aromatic rings. The number of carbonyl (C=O) groups is 2. The smallest absolute Gasteiger partial charge is 0.240 e. The van der Waals surface area contributed by atoms with Crippen molar-refractivity contribution in [1.29, 1.82) is 0 Å². The van der Waals surface area contributed by atoms with Crippen LogP contribution in [0.25, 0.3) is 0 Å². The number of aryl methyl sites for hydroxylation is 1. The van der Waals surface area contributed by atoms with Gasteiger partial charge in [-0.05, 0) is 12.8 Å². The lowest BCUT2D eigenvalue weighted by Crippen LogP contribution is -2.53. The lowest BCUT2D eigenvalue weighted by molar-refractivity contribution is -0.128. The molecule has 2 saturated heterocycles. The highest BCUT2D eigenvalue weighted by molar-refractivity contribution is 5.89. The van der Waals surface area contributed by atoms with Gasteiger partial charge in [-0.3, -0.25) is 14.5 Å². The van der Waals surface area contributed by atoms with E-state index in [0.29, 0.717) is 6.54 Å². The Balaban J connectivity index is 1.68. The second-order valence-corrected chi connectivity index (χ2v) is 5.96. The lowest BCUT2D eigenvalue weighted by Gasteiger charge is -2.31. The van der Waals surface area contributed by atoms with E-state index in [1.807, 2.05) is 11.1 Å². The number of amides is 2. The van der Waals surface area contributed by atoms with E-state index in [-0.39, 0.29) is 30.6 Å². The predicted molar refractivity (Wildman–Crippen MR) is 74.2 cm³/mol. The lowest BCUT2D eigenvalue weighted by atomic mass is 10.2. The highest BCUT2D eigenvalue weighted by atomic mass is 16.2. The Hall–Kier alpha value is -1.89. The molecule has 4 heterocycles. The van der Waals surface area contributed by atoms with Crippen molar-refractivity contribution in [2.24, 2.45) is 0 Å². The third-order valence-electron chi connectivity index (χ3n) is 4.66. The number of imidazole rings is 1. The molecule has 7 heteroatoms. The minimum absolute atomic E-state index is 0.0100. The van der Waals surface area contributed by atoms with Crippen LogP contribution < -0.4 is 10.6 Å². The largest absolute Gasteiger partial charge is 0.353 e. The normalized spacial score (nSPS) is 29.3. The first kappa shape index (κ1) is 12.8. The first-order valence-electron chi connectivity index (χ1n) is 7.61. The predicted octanol–water partition coefficient (Wildman–Crippen LogP) is -0.462. The van der Waals surface area contributed by atoms with Crippen molar-refractivity contribution in [2.75, 3.05) is 13.1 Å². The highest BCUT2D eigenvalue weighted by Crippen LogP contribution is 2.29. The van der Waals surface area contributed by atoms with Gasteiger partial charge in [0.15, 0.2) is 0 Å². The maximum absolute atomic E-state index is 12.1. The molecular formula is C14H19N5O2. The Morgan fingerprint density at radius 1 is 1.24 bits per heavy atom. The van der Waals surface area contributed by atoms with Gasteiger partial charge in [0.05, 0.1) is 18.4 Å². The maximum atomic E-state index is 12.1. The quantitative estimate of drug-likeness (QED) is 0.733. The third-order valence-corrected chi connectivity index (χ3v) is 4.66. The number of aromatic nitrogens is 2. The van der Waals surface area contributed by atoms with Gasteiger partial charge in [0, 0.05) is 19.5 Å². The maximum Gasteiger partial charge on any atom is 0.240 e. The fourth-order valence-corrected chi connectivity index (χ4v) is 3.57. The van der Waals surface area contributed by atoms with Gasteiger partial charge in [-0.25, -0.2) is 4.98 Å². The van der Waals surface area contributed by atoms with Crippen molar-refractivity contribution in [3.8, 4) is 0 Å². The number of hydrogen-bond acceptors (Lipinski definition) is 4. The van der Waals surface area contributed by atoms with Crippen molar-refractivity contribution in [1.82, 2.24) is 25.1 Å². The van der Waals surface area contributed by atoms with Gasteiger partial charge in [0.25, 0.3) is 0 Å². The zero-order valence-corrected chi connectivity index (χ0v) is 11.8. The van der Waals surface area contributed by atoms with E-state index in [4.69, 9.17) is 0 Å². The molecule has 0 radical (unpaired) electrons. The minimum Gasteiger partial charge on any atom is -0.353 e. The van der Waals surface area contributed by atoms with Gasteiger partial charge in [-0.1, -0.05) is 6.42 Å². The van der Waals surface area contributed by atoms with Crippen LogP contribution >= 0.6 is 0 Å². The highest BCUT2D eigenvalue weighted by Gasteiger charge is 2.45. The Bertz CT molecular complexity index is 596. The molecule has 0 spiro atoms. The van der Waals surface area contributed by atoms with Crippen molar-refractivity contribution in [2.45, 2.75) is 44.4 Å². The summed E-state index contributed by atoms with van der Waals surface area (Å²) in [5, 5.41) is 5.78. The average molecular weight is 289 g/mol. The van der Waals surface area contributed by atoms with Crippen LogP contribution in [0.4, 0.5) is 0 Å². The molecule has 0 aliphatic carbocycles. The molecule has 112 valence electrons. The van der Waals surface area contributed by atoms with Gasteiger partial charge in [-0.2, -0.15) is 0 Å². The molecular weight excluding hydrogens is 270 g/mol. The van der Waals surface area contributed by atoms with E-state index in [1.165, 1.54) is 12.8 Å². The van der Waals surface area contributed by atoms with Crippen molar-refractivity contribution in [3.63, 3.8) is 0 Å². The standard InChI is InChI=1S/C14H19N5O2/c20-12-8-19-10(7-16-12)14(21)17-13(19)9-6-15-11-4-2-1-3-5-18(9)11/h6,10,13H,1-5,7-8H2,(H,16,20)(H,17,21). The minimum atomic E-state index is -0.260. The molecule has 21 heavy (non-hydrogen) atoms. The van der Waals surface area contributed by atoms with Crippen LogP contribution in [0.5, 0.6) is 0 Å². The Morgan fingerprint density at radius 2 is 2.14 bits per heavy atom. The summed E-state index contributed by atoms with van der Waals surface area (Å²) in [5.74, 6) is 1.06. The monoisotopic (exact) mass is 289 g/mol. The number of piperazine rings is 1. The molecule has 7 nitrogen and oxygen atoms in total. The molecule has 0 bridgehead atoms. The molecule has 4 rings (SSSR count). The first-order valence-corrected chi connectivity index (χ1v) is 7.61. The summed E-state index contributed by atoms with van der Waals surface area (Å²) in [6, 6.07) is -0.260. The van der Waals surface area contributed by atoms with E-state index < -0.39 is 0 Å². The zero-order valence-electron chi connectivity index (χ0n) is 11.8. The molecule has 2 fully saturated rings. The van der Waals surface area contributed by atoms with Crippen LogP contribution in [0.2, 0.25) is 0 Å². The molecule has 2 N–H and O–H groups in total. The second-order valence-electron chi connectivity index (χ2n) is 5.96. The second kappa shape index (κ2) is 4.84. The number of fused-ring (bicyclic) bond motifs is 2. The van der Waals surface area contributed by atoms with Gasteiger partial charge < -0.3 is 15.2 Å².